The second-order valence-corrected chi connectivity index (χ2v) is 8.03. The smallest absolute Gasteiger partial charge is 0.210 e. The molecule has 5 heterocycles. The minimum absolute atomic E-state index is 0.367. The maximum Gasteiger partial charge on any atom is 0.210 e. The summed E-state index contributed by atoms with van der Waals surface area (Å²) in [5.74, 6) is 2.25. The summed E-state index contributed by atoms with van der Waals surface area (Å²) < 4.78 is 1.99. The van der Waals surface area contributed by atoms with Gasteiger partial charge in [0, 0.05) is 61.3 Å². The molecule has 2 saturated heterocycles. The van der Waals surface area contributed by atoms with Crippen molar-refractivity contribution in [3.8, 4) is 6.07 Å². The molecule has 2 aliphatic rings. The minimum atomic E-state index is 0.367. The highest BCUT2D eigenvalue weighted by atomic mass is 15.3. The highest BCUT2D eigenvalue weighted by Gasteiger charge is 2.40. The molecule has 0 unspecified atom stereocenters. The lowest BCUT2D eigenvalue weighted by molar-refractivity contribution is 0.135. The van der Waals surface area contributed by atoms with E-state index in [0.717, 1.165) is 42.5 Å². The van der Waals surface area contributed by atoms with Crippen LogP contribution >= 0.6 is 0 Å². The Morgan fingerprint density at radius 3 is 2.79 bits per heavy atom. The molecular weight excluding hydrogens is 366 g/mol. The third-order valence-corrected chi connectivity index (χ3v) is 6.05. The number of hydrogen-bond donors (Lipinski definition) is 3. The molecule has 5 rings (SSSR count). The predicted octanol–water partition coefficient (Wildman–Crippen LogP) is 2.83. The van der Waals surface area contributed by atoms with Crippen molar-refractivity contribution >= 4 is 23.2 Å². The van der Waals surface area contributed by atoms with Crippen molar-refractivity contribution < 1.29 is 0 Å². The summed E-state index contributed by atoms with van der Waals surface area (Å²) in [6, 6.07) is 7.64. The largest absolute Gasteiger partial charge is 0.352 e. The molecule has 0 spiro atoms. The Hall–Kier alpha value is -3.12. The number of nitrogens with zero attached hydrogens (tertiary/aromatic N) is 6. The van der Waals surface area contributed by atoms with Crippen LogP contribution in [0.25, 0.3) is 5.65 Å². The quantitative estimate of drug-likeness (QED) is 0.593. The standard InChI is InChI=1S/C20H25N9/c1-13-9-18(27-26-13)24-17-12-19-22-6-8-29(19)20(25-17)23-14-10-15-3-4-16(11-14)28(15)7-2-5-21/h6,8-9,12,14-16H,2-4,7,10-11H2,1H3,(H,23,25)(H2,24,26,27)/t14-,15-,16+. The van der Waals surface area contributed by atoms with E-state index in [1.54, 1.807) is 6.20 Å². The van der Waals surface area contributed by atoms with Gasteiger partial charge in [0.1, 0.15) is 11.5 Å². The Morgan fingerprint density at radius 1 is 1.24 bits per heavy atom. The molecule has 150 valence electrons. The van der Waals surface area contributed by atoms with Crippen molar-refractivity contribution in [2.24, 2.45) is 0 Å². The van der Waals surface area contributed by atoms with Crippen molar-refractivity contribution in [2.45, 2.75) is 57.2 Å². The second-order valence-electron chi connectivity index (χ2n) is 8.03. The molecule has 0 saturated carbocycles. The van der Waals surface area contributed by atoms with E-state index in [0.29, 0.717) is 30.4 Å². The van der Waals surface area contributed by atoms with Gasteiger partial charge < -0.3 is 10.6 Å². The van der Waals surface area contributed by atoms with E-state index in [2.05, 4.69) is 36.8 Å². The molecule has 3 N–H and O–H groups in total. The van der Waals surface area contributed by atoms with E-state index < -0.39 is 0 Å². The van der Waals surface area contributed by atoms with Crippen LogP contribution in [-0.2, 0) is 0 Å². The van der Waals surface area contributed by atoms with Crippen molar-refractivity contribution in [2.75, 3.05) is 17.2 Å². The second kappa shape index (κ2) is 7.37. The lowest BCUT2D eigenvalue weighted by atomic mass is 9.97. The average molecular weight is 391 g/mol. The monoisotopic (exact) mass is 391 g/mol. The number of aromatic amines is 1. The maximum absolute atomic E-state index is 8.93. The summed E-state index contributed by atoms with van der Waals surface area (Å²) in [5.41, 5.74) is 1.83. The SMILES string of the molecule is Cc1cc(Nc2cc3nccn3c(N[C@@H]3C[C@H]4CC[C@@H](C3)N4CCC#N)n2)n[nH]1. The van der Waals surface area contributed by atoms with E-state index in [1.165, 1.54) is 12.8 Å². The maximum atomic E-state index is 8.93. The highest BCUT2D eigenvalue weighted by molar-refractivity contribution is 5.61. The fourth-order valence-electron chi connectivity index (χ4n) is 4.82. The van der Waals surface area contributed by atoms with Gasteiger partial charge in [-0.05, 0) is 32.6 Å². The highest BCUT2D eigenvalue weighted by Crippen LogP contribution is 2.36. The zero-order valence-corrected chi connectivity index (χ0v) is 16.5. The minimum Gasteiger partial charge on any atom is -0.352 e. The molecule has 2 bridgehead atoms. The van der Waals surface area contributed by atoms with Crippen LogP contribution in [0.3, 0.4) is 0 Å². The summed E-state index contributed by atoms with van der Waals surface area (Å²) in [5, 5.41) is 23.0. The first kappa shape index (κ1) is 17.9. The van der Waals surface area contributed by atoms with Gasteiger partial charge in [-0.1, -0.05) is 0 Å². The first-order valence-electron chi connectivity index (χ1n) is 10.2. The average Bonchev–Trinajstić information content (AvgIpc) is 3.39. The fraction of sp³-hybridized carbons (Fsp3) is 0.500. The van der Waals surface area contributed by atoms with Gasteiger partial charge in [-0.2, -0.15) is 15.3 Å². The van der Waals surface area contributed by atoms with Crippen molar-refractivity contribution in [1.82, 2.24) is 29.5 Å². The molecule has 0 aromatic carbocycles. The molecule has 9 nitrogen and oxygen atoms in total. The molecule has 0 radical (unpaired) electrons. The number of imidazole rings is 1. The number of piperidine rings is 1. The van der Waals surface area contributed by atoms with Gasteiger partial charge in [-0.3, -0.25) is 14.4 Å². The van der Waals surface area contributed by atoms with E-state index in [4.69, 9.17) is 10.2 Å². The van der Waals surface area contributed by atoms with Gasteiger partial charge in [0.15, 0.2) is 5.82 Å². The Labute approximate surface area is 169 Å². The molecule has 3 aromatic heterocycles. The number of anilines is 3. The predicted molar refractivity (Wildman–Crippen MR) is 110 cm³/mol. The van der Waals surface area contributed by atoms with Crippen LogP contribution < -0.4 is 10.6 Å². The molecule has 3 atom stereocenters. The van der Waals surface area contributed by atoms with Gasteiger partial charge >= 0.3 is 0 Å². The lowest BCUT2D eigenvalue weighted by Gasteiger charge is -2.39. The normalized spacial score (nSPS) is 23.9. The molecule has 0 amide bonds. The number of fused-ring (bicyclic) bond motifs is 3. The topological polar surface area (TPSA) is 110 Å². The molecule has 2 aliphatic heterocycles. The number of H-pyrrole nitrogens is 1. The Balaban J connectivity index is 1.35. The Kier molecular flexibility index (Phi) is 4.56. The Morgan fingerprint density at radius 2 is 2.07 bits per heavy atom. The molecule has 2 fully saturated rings. The zero-order chi connectivity index (χ0) is 19.8. The van der Waals surface area contributed by atoms with E-state index >= 15 is 0 Å². The van der Waals surface area contributed by atoms with Gasteiger partial charge in [0.25, 0.3) is 0 Å². The van der Waals surface area contributed by atoms with Crippen LogP contribution in [0, 0.1) is 18.3 Å². The fourth-order valence-corrected chi connectivity index (χ4v) is 4.82. The molecule has 9 heteroatoms. The van der Waals surface area contributed by atoms with Crippen LogP contribution in [0.5, 0.6) is 0 Å². The number of aromatic nitrogens is 5. The number of aryl methyl sites for hydroxylation is 1. The van der Waals surface area contributed by atoms with Crippen molar-refractivity contribution in [1.29, 1.82) is 5.26 Å². The van der Waals surface area contributed by atoms with Crippen LogP contribution in [-0.4, -0.2) is 54.1 Å². The summed E-state index contributed by atoms with van der Waals surface area (Å²) in [4.78, 5) is 11.8. The Bertz CT molecular complexity index is 1030. The third-order valence-electron chi connectivity index (χ3n) is 6.05. The van der Waals surface area contributed by atoms with Crippen LogP contribution in [0.1, 0.15) is 37.8 Å². The van der Waals surface area contributed by atoms with Crippen LogP contribution in [0.2, 0.25) is 0 Å². The zero-order valence-electron chi connectivity index (χ0n) is 16.5. The van der Waals surface area contributed by atoms with Crippen molar-refractivity contribution in [3.63, 3.8) is 0 Å². The molecule has 0 aliphatic carbocycles. The van der Waals surface area contributed by atoms with Gasteiger partial charge in [0.05, 0.1) is 6.07 Å². The van der Waals surface area contributed by atoms with Gasteiger partial charge in [-0.25, -0.2) is 4.98 Å². The number of nitriles is 1. The summed E-state index contributed by atoms with van der Waals surface area (Å²) in [7, 11) is 0. The summed E-state index contributed by atoms with van der Waals surface area (Å²) >= 11 is 0. The lowest BCUT2D eigenvalue weighted by Crippen LogP contribution is -2.47. The van der Waals surface area contributed by atoms with Gasteiger partial charge in [0.2, 0.25) is 5.95 Å². The summed E-state index contributed by atoms with van der Waals surface area (Å²) in [6.45, 7) is 2.86. The molecule has 3 aromatic rings. The number of rotatable bonds is 6. The van der Waals surface area contributed by atoms with Crippen LogP contribution in [0.4, 0.5) is 17.6 Å². The van der Waals surface area contributed by atoms with E-state index in [1.807, 2.05) is 29.7 Å². The van der Waals surface area contributed by atoms with Gasteiger partial charge in [-0.15, -0.1) is 0 Å². The summed E-state index contributed by atoms with van der Waals surface area (Å²) in [6.07, 6.45) is 8.95. The van der Waals surface area contributed by atoms with Crippen molar-refractivity contribution in [3.05, 3.63) is 30.2 Å². The van der Waals surface area contributed by atoms with E-state index in [9.17, 15) is 0 Å². The van der Waals surface area contributed by atoms with E-state index in [-0.39, 0.29) is 0 Å². The van der Waals surface area contributed by atoms with Crippen LogP contribution in [0.15, 0.2) is 24.5 Å². The number of hydrogen-bond acceptors (Lipinski definition) is 7. The molecular formula is C20H25N9. The third kappa shape index (κ3) is 3.51. The first-order valence-corrected chi connectivity index (χ1v) is 10.2. The first-order chi connectivity index (χ1) is 14.2. The molecule has 29 heavy (non-hydrogen) atoms. The number of nitrogens with one attached hydrogen (secondary N) is 3.